The zero-order valence-electron chi connectivity index (χ0n) is 11.8. The molecular weight excluding hydrogens is 322 g/mol. The molecule has 0 unspecified atom stereocenters. The number of sulfone groups is 1. The van der Waals surface area contributed by atoms with Crippen LogP contribution in [0.25, 0.3) is 0 Å². The van der Waals surface area contributed by atoms with E-state index in [2.05, 4.69) is 0 Å². The molecule has 0 amide bonds. The van der Waals surface area contributed by atoms with Gasteiger partial charge >= 0.3 is 0 Å². The first-order chi connectivity index (χ1) is 10.4. The zero-order chi connectivity index (χ0) is 15.7. The summed E-state index contributed by atoms with van der Waals surface area (Å²) in [4.78, 5) is 0.281. The molecule has 1 saturated carbocycles. The van der Waals surface area contributed by atoms with Crippen molar-refractivity contribution in [3.05, 3.63) is 47.5 Å². The molecule has 1 aliphatic rings. The molecule has 0 radical (unpaired) electrons. The highest BCUT2D eigenvalue weighted by molar-refractivity contribution is 7.91. The minimum absolute atomic E-state index is 0.207. The Morgan fingerprint density at radius 3 is 2.64 bits per heavy atom. The monoisotopic (exact) mass is 337 g/mol. The van der Waals surface area contributed by atoms with Crippen molar-refractivity contribution < 1.29 is 13.2 Å². The standard InChI is InChI=1S/C16H16ClNO3S/c17-15-8-12(18)6-7-16(15)21-13-2-1-3-14(9-13)22(19,20)10-11-4-5-11/h1-3,6-9,11H,4-5,10,18H2. The fourth-order valence-electron chi connectivity index (χ4n) is 2.15. The summed E-state index contributed by atoms with van der Waals surface area (Å²) in [6.45, 7) is 0. The van der Waals surface area contributed by atoms with E-state index in [1.165, 1.54) is 6.07 Å². The van der Waals surface area contributed by atoms with Gasteiger partial charge in [-0.2, -0.15) is 0 Å². The van der Waals surface area contributed by atoms with E-state index in [0.717, 1.165) is 12.8 Å². The Hall–Kier alpha value is -1.72. The Kier molecular flexibility index (Phi) is 4.02. The molecule has 2 N–H and O–H groups in total. The summed E-state index contributed by atoms with van der Waals surface area (Å²) in [7, 11) is -3.26. The lowest BCUT2D eigenvalue weighted by Gasteiger charge is -2.10. The van der Waals surface area contributed by atoms with Crippen molar-refractivity contribution >= 4 is 27.1 Å². The molecule has 2 aromatic carbocycles. The fourth-order valence-corrected chi connectivity index (χ4v) is 4.10. The van der Waals surface area contributed by atoms with Crippen LogP contribution in [0.2, 0.25) is 5.02 Å². The molecule has 0 spiro atoms. The van der Waals surface area contributed by atoms with Crippen molar-refractivity contribution in [2.75, 3.05) is 11.5 Å². The van der Waals surface area contributed by atoms with Gasteiger partial charge in [0.2, 0.25) is 0 Å². The Morgan fingerprint density at radius 2 is 1.95 bits per heavy atom. The SMILES string of the molecule is Nc1ccc(Oc2cccc(S(=O)(=O)CC3CC3)c2)c(Cl)c1. The summed E-state index contributed by atoms with van der Waals surface area (Å²) >= 11 is 6.06. The predicted octanol–water partition coefficient (Wildman–Crippen LogP) is 3.90. The third-order valence-electron chi connectivity index (χ3n) is 3.50. The largest absolute Gasteiger partial charge is 0.456 e. The number of hydrogen-bond acceptors (Lipinski definition) is 4. The maximum atomic E-state index is 12.3. The van der Waals surface area contributed by atoms with Crippen LogP contribution in [0.15, 0.2) is 47.4 Å². The summed E-state index contributed by atoms with van der Waals surface area (Å²) in [5.74, 6) is 1.39. The Bertz CT molecular complexity index is 801. The second-order valence-electron chi connectivity index (χ2n) is 5.49. The lowest BCUT2D eigenvalue weighted by Crippen LogP contribution is -2.08. The molecule has 0 bridgehead atoms. The van der Waals surface area contributed by atoms with E-state index >= 15 is 0 Å². The molecule has 0 saturated heterocycles. The topological polar surface area (TPSA) is 69.4 Å². The summed E-state index contributed by atoms with van der Waals surface area (Å²) < 4.78 is 30.3. The maximum Gasteiger partial charge on any atom is 0.178 e. The van der Waals surface area contributed by atoms with E-state index in [9.17, 15) is 8.42 Å². The van der Waals surface area contributed by atoms with Crippen LogP contribution in [0.1, 0.15) is 12.8 Å². The molecule has 3 rings (SSSR count). The number of nitrogen functional groups attached to an aromatic ring is 1. The van der Waals surface area contributed by atoms with Crippen LogP contribution in [0.3, 0.4) is 0 Å². The van der Waals surface area contributed by atoms with Gasteiger partial charge in [0.25, 0.3) is 0 Å². The van der Waals surface area contributed by atoms with E-state index in [0.29, 0.717) is 28.1 Å². The molecule has 1 aliphatic carbocycles. The number of anilines is 1. The van der Waals surface area contributed by atoms with Crippen LogP contribution in [0.4, 0.5) is 5.69 Å². The second kappa shape index (κ2) is 5.82. The van der Waals surface area contributed by atoms with Gasteiger partial charge in [0, 0.05) is 5.69 Å². The first kappa shape index (κ1) is 15.2. The fraction of sp³-hybridized carbons (Fsp3) is 0.250. The van der Waals surface area contributed by atoms with Gasteiger partial charge in [-0.25, -0.2) is 8.42 Å². The van der Waals surface area contributed by atoms with Gasteiger partial charge in [-0.15, -0.1) is 0 Å². The van der Waals surface area contributed by atoms with E-state index in [-0.39, 0.29) is 10.6 Å². The van der Waals surface area contributed by atoms with Crippen LogP contribution < -0.4 is 10.5 Å². The average molecular weight is 338 g/mol. The van der Waals surface area contributed by atoms with Gasteiger partial charge in [-0.05, 0) is 55.2 Å². The molecular formula is C16H16ClNO3S. The van der Waals surface area contributed by atoms with Crippen molar-refractivity contribution in [1.82, 2.24) is 0 Å². The second-order valence-corrected chi connectivity index (χ2v) is 7.93. The maximum absolute atomic E-state index is 12.3. The minimum Gasteiger partial charge on any atom is -0.456 e. The van der Waals surface area contributed by atoms with Gasteiger partial charge in [-0.3, -0.25) is 0 Å². The molecule has 1 fully saturated rings. The van der Waals surface area contributed by atoms with Crippen LogP contribution in [-0.2, 0) is 9.84 Å². The van der Waals surface area contributed by atoms with Crippen molar-refractivity contribution in [2.24, 2.45) is 5.92 Å². The number of hydrogen-bond donors (Lipinski definition) is 1. The van der Waals surface area contributed by atoms with E-state index in [1.807, 2.05) is 0 Å². The Morgan fingerprint density at radius 1 is 1.18 bits per heavy atom. The van der Waals surface area contributed by atoms with Gasteiger partial charge in [0.1, 0.15) is 11.5 Å². The molecule has 0 atom stereocenters. The molecule has 116 valence electrons. The molecule has 6 heteroatoms. The summed E-state index contributed by atoms with van der Waals surface area (Å²) in [5.41, 5.74) is 6.17. The van der Waals surface area contributed by atoms with Crippen LogP contribution >= 0.6 is 11.6 Å². The average Bonchev–Trinajstić information content (AvgIpc) is 3.26. The van der Waals surface area contributed by atoms with Crippen molar-refractivity contribution in [3.63, 3.8) is 0 Å². The highest BCUT2D eigenvalue weighted by atomic mass is 35.5. The van der Waals surface area contributed by atoms with Crippen LogP contribution in [0.5, 0.6) is 11.5 Å². The molecule has 4 nitrogen and oxygen atoms in total. The van der Waals surface area contributed by atoms with Gasteiger partial charge in [0.05, 0.1) is 15.7 Å². The Labute approximate surface area is 134 Å². The number of nitrogens with two attached hydrogens (primary N) is 1. The summed E-state index contributed by atoms with van der Waals surface area (Å²) in [5, 5.41) is 0.381. The Balaban J connectivity index is 1.84. The van der Waals surface area contributed by atoms with E-state index in [4.69, 9.17) is 22.1 Å². The number of rotatable bonds is 5. The molecule has 2 aromatic rings. The summed E-state index contributed by atoms with van der Waals surface area (Å²) in [6, 6.07) is 11.4. The summed E-state index contributed by atoms with van der Waals surface area (Å²) in [6.07, 6.45) is 1.99. The van der Waals surface area contributed by atoms with Gasteiger partial charge in [0.15, 0.2) is 9.84 Å². The molecule has 0 heterocycles. The smallest absolute Gasteiger partial charge is 0.178 e. The van der Waals surface area contributed by atoms with Gasteiger partial charge in [-0.1, -0.05) is 17.7 Å². The van der Waals surface area contributed by atoms with E-state index in [1.54, 1.807) is 36.4 Å². The zero-order valence-corrected chi connectivity index (χ0v) is 13.4. The van der Waals surface area contributed by atoms with Crippen LogP contribution in [0, 0.1) is 5.92 Å². The first-order valence-electron chi connectivity index (χ1n) is 7.00. The lowest BCUT2D eigenvalue weighted by molar-refractivity contribution is 0.481. The number of ether oxygens (including phenoxy) is 1. The van der Waals surface area contributed by atoms with Crippen molar-refractivity contribution in [1.29, 1.82) is 0 Å². The van der Waals surface area contributed by atoms with E-state index < -0.39 is 9.84 Å². The third-order valence-corrected chi connectivity index (χ3v) is 5.68. The first-order valence-corrected chi connectivity index (χ1v) is 9.03. The predicted molar refractivity (Wildman–Crippen MR) is 87.2 cm³/mol. The van der Waals surface area contributed by atoms with Crippen molar-refractivity contribution in [3.8, 4) is 11.5 Å². The molecule has 22 heavy (non-hydrogen) atoms. The molecule has 0 aliphatic heterocycles. The number of halogens is 1. The highest BCUT2D eigenvalue weighted by Gasteiger charge is 2.29. The minimum atomic E-state index is -3.26. The number of benzene rings is 2. The van der Waals surface area contributed by atoms with Crippen LogP contribution in [-0.4, -0.2) is 14.2 Å². The normalized spacial score (nSPS) is 14.8. The quantitative estimate of drug-likeness (QED) is 0.840. The highest BCUT2D eigenvalue weighted by Crippen LogP contribution is 2.34. The lowest BCUT2D eigenvalue weighted by atomic mass is 10.3. The van der Waals surface area contributed by atoms with Crippen molar-refractivity contribution in [2.45, 2.75) is 17.7 Å². The molecule has 0 aromatic heterocycles. The van der Waals surface area contributed by atoms with Gasteiger partial charge < -0.3 is 10.5 Å². The third kappa shape index (κ3) is 3.54.